The number of methoxy groups -OCH3 is 2. The van der Waals surface area contributed by atoms with E-state index >= 15 is 0 Å². The van der Waals surface area contributed by atoms with Gasteiger partial charge in [-0.2, -0.15) is 0 Å². The number of benzene rings is 2. The molecule has 2 aromatic carbocycles. The van der Waals surface area contributed by atoms with E-state index in [1.807, 2.05) is 30.3 Å². The van der Waals surface area contributed by atoms with Crippen molar-refractivity contribution in [3.63, 3.8) is 0 Å². The number of fused-ring (bicyclic) bond motifs is 1. The number of aromatic nitrogens is 3. The second-order valence-electron chi connectivity index (χ2n) is 5.54. The Hall–Kier alpha value is -3.46. The fourth-order valence-corrected chi connectivity index (χ4v) is 2.41. The normalized spacial score (nSPS) is 10.7. The Morgan fingerprint density at radius 1 is 0.889 bits per heavy atom. The second kappa shape index (κ2) is 7.83. The zero-order chi connectivity index (χ0) is 19.4. The summed E-state index contributed by atoms with van der Waals surface area (Å²) in [5.74, 6) is -0.337. The van der Waals surface area contributed by atoms with Crippen LogP contribution in [0.2, 0.25) is 0 Å². The summed E-state index contributed by atoms with van der Waals surface area (Å²) < 4.78 is 15.8. The third kappa shape index (κ3) is 4.04. The Balaban J connectivity index is 2.10. The van der Waals surface area contributed by atoms with E-state index in [9.17, 15) is 4.79 Å². The van der Waals surface area contributed by atoms with Crippen molar-refractivity contribution < 1.29 is 23.8 Å². The van der Waals surface area contributed by atoms with Gasteiger partial charge in [0, 0.05) is 19.5 Å². The molecule has 0 spiro atoms. The first-order valence-electron chi connectivity index (χ1n) is 7.95. The van der Waals surface area contributed by atoms with E-state index in [0.29, 0.717) is 5.39 Å². The molecule has 0 radical (unpaired) electrons. The van der Waals surface area contributed by atoms with Crippen LogP contribution in [-0.4, -0.2) is 54.3 Å². The molecule has 0 fully saturated rings. The maximum atomic E-state index is 12.7. The van der Waals surface area contributed by atoms with E-state index in [4.69, 9.17) is 19.0 Å². The Labute approximate surface area is 155 Å². The lowest BCUT2D eigenvalue weighted by Crippen LogP contribution is -2.19. The molecule has 9 heteroatoms. The Morgan fingerprint density at radius 2 is 1.52 bits per heavy atom. The van der Waals surface area contributed by atoms with Crippen LogP contribution in [-0.2, 0) is 4.84 Å². The minimum atomic E-state index is -0.570. The number of carbonyl (C=O) groups is 1. The Morgan fingerprint density at radius 3 is 2.15 bits per heavy atom. The molecule has 140 valence electrons. The van der Waals surface area contributed by atoms with Gasteiger partial charge in [0.25, 0.3) is 0 Å². The van der Waals surface area contributed by atoms with E-state index in [-0.39, 0.29) is 29.3 Å². The predicted octanol–water partition coefficient (Wildman–Crippen LogP) is 2.47. The highest BCUT2D eigenvalue weighted by Crippen LogP contribution is 2.32. The molecule has 3 aromatic rings. The summed E-state index contributed by atoms with van der Waals surface area (Å²) in [6.45, 7) is 0. The number of hydrogen-bond acceptors (Lipinski definition) is 9. The fraction of sp³-hybridized carbons (Fsp3) is 0.222. The molecule has 0 saturated carbocycles. The molecule has 3 rings (SSSR count). The minimum absolute atomic E-state index is 0.0232. The van der Waals surface area contributed by atoms with E-state index in [1.54, 1.807) is 20.2 Å². The van der Waals surface area contributed by atoms with Crippen LogP contribution in [0.3, 0.4) is 0 Å². The van der Waals surface area contributed by atoms with Gasteiger partial charge in [-0.05, 0) is 11.5 Å². The van der Waals surface area contributed by atoms with E-state index in [1.165, 1.54) is 19.3 Å². The monoisotopic (exact) mass is 370 g/mol. The Bertz CT molecular complexity index is 955. The van der Waals surface area contributed by atoms with Crippen molar-refractivity contribution in [2.45, 2.75) is 0 Å². The van der Waals surface area contributed by atoms with Crippen molar-refractivity contribution >= 4 is 16.7 Å². The minimum Gasteiger partial charge on any atom is -0.467 e. The molecule has 27 heavy (non-hydrogen) atoms. The molecule has 0 amide bonds. The third-order valence-electron chi connectivity index (χ3n) is 3.50. The van der Waals surface area contributed by atoms with Crippen LogP contribution in [0.25, 0.3) is 10.8 Å². The van der Waals surface area contributed by atoms with Crippen molar-refractivity contribution in [3.8, 4) is 23.8 Å². The van der Waals surface area contributed by atoms with Crippen LogP contribution in [0.4, 0.5) is 0 Å². The highest BCUT2D eigenvalue weighted by atomic mass is 16.7. The predicted molar refractivity (Wildman–Crippen MR) is 96.1 cm³/mol. The number of carbonyl (C=O) groups excluding carboxylic acids is 1. The van der Waals surface area contributed by atoms with Gasteiger partial charge in [0.2, 0.25) is 0 Å². The molecule has 9 nitrogen and oxygen atoms in total. The summed E-state index contributed by atoms with van der Waals surface area (Å²) in [6, 6.07) is 10.9. The van der Waals surface area contributed by atoms with Crippen LogP contribution < -0.4 is 14.2 Å². The summed E-state index contributed by atoms with van der Waals surface area (Å²) in [5, 5.41) is 2.85. The molecule has 0 N–H and O–H groups in total. The van der Waals surface area contributed by atoms with Gasteiger partial charge in [0.15, 0.2) is 0 Å². The molecule has 0 aliphatic rings. The number of hydrogen-bond donors (Lipinski definition) is 0. The third-order valence-corrected chi connectivity index (χ3v) is 3.50. The van der Waals surface area contributed by atoms with E-state index in [2.05, 4.69) is 15.0 Å². The quantitative estimate of drug-likeness (QED) is 0.606. The number of ether oxygens (including phenoxy) is 3. The molecule has 0 aliphatic heterocycles. The highest BCUT2D eigenvalue weighted by molar-refractivity contribution is 6.07. The van der Waals surface area contributed by atoms with Gasteiger partial charge < -0.3 is 19.0 Å². The van der Waals surface area contributed by atoms with Crippen LogP contribution in [0.5, 0.6) is 23.8 Å². The molecule has 1 aromatic heterocycles. The van der Waals surface area contributed by atoms with Gasteiger partial charge in [0.1, 0.15) is 11.3 Å². The molecule has 0 bridgehead atoms. The summed E-state index contributed by atoms with van der Waals surface area (Å²) in [6.07, 6.45) is 0. The number of nitrogens with zero attached hydrogens (tertiary/aromatic N) is 4. The standard InChI is InChI=1S/C18H18N4O5/c1-22(2)27-15(23)14-12-8-6-5-7-11(12)9-10-13(14)26-18-20-16(24-3)19-17(21-18)25-4/h5-10H,1-4H3. The van der Waals surface area contributed by atoms with Crippen LogP contribution >= 0.6 is 0 Å². The van der Waals surface area contributed by atoms with Crippen LogP contribution in [0.15, 0.2) is 36.4 Å². The summed E-state index contributed by atoms with van der Waals surface area (Å²) >= 11 is 0. The fourth-order valence-electron chi connectivity index (χ4n) is 2.41. The van der Waals surface area contributed by atoms with Gasteiger partial charge in [-0.15, -0.1) is 20.0 Å². The summed E-state index contributed by atoms with van der Waals surface area (Å²) in [5.41, 5.74) is 0.250. The smallest absolute Gasteiger partial charge is 0.361 e. The van der Waals surface area contributed by atoms with Crippen molar-refractivity contribution in [1.29, 1.82) is 0 Å². The van der Waals surface area contributed by atoms with Gasteiger partial charge in [-0.1, -0.05) is 30.3 Å². The zero-order valence-corrected chi connectivity index (χ0v) is 15.3. The van der Waals surface area contributed by atoms with Crippen molar-refractivity contribution in [2.75, 3.05) is 28.3 Å². The summed E-state index contributed by atoms with van der Waals surface area (Å²) in [4.78, 5) is 29.9. The average Bonchev–Trinajstić information content (AvgIpc) is 2.66. The molecule has 0 saturated heterocycles. The number of hydroxylamine groups is 2. The average molecular weight is 370 g/mol. The molecular formula is C18H18N4O5. The lowest BCUT2D eigenvalue weighted by atomic mass is 10.0. The molecular weight excluding hydrogens is 352 g/mol. The van der Waals surface area contributed by atoms with E-state index in [0.717, 1.165) is 5.39 Å². The maximum absolute atomic E-state index is 12.7. The summed E-state index contributed by atoms with van der Waals surface area (Å²) in [7, 11) is 6.06. The Kier molecular flexibility index (Phi) is 5.32. The van der Waals surface area contributed by atoms with Crippen LogP contribution in [0, 0.1) is 0 Å². The maximum Gasteiger partial charge on any atom is 0.361 e. The first kappa shape index (κ1) is 18.3. The highest BCUT2D eigenvalue weighted by Gasteiger charge is 2.21. The molecule has 1 heterocycles. The first-order valence-corrected chi connectivity index (χ1v) is 7.95. The first-order chi connectivity index (χ1) is 13.0. The van der Waals surface area contributed by atoms with Gasteiger partial charge in [-0.25, -0.2) is 4.79 Å². The molecule has 0 atom stereocenters. The van der Waals surface area contributed by atoms with Crippen molar-refractivity contribution in [3.05, 3.63) is 42.0 Å². The zero-order valence-electron chi connectivity index (χ0n) is 15.3. The largest absolute Gasteiger partial charge is 0.467 e. The van der Waals surface area contributed by atoms with Crippen LogP contribution in [0.1, 0.15) is 10.4 Å². The SMILES string of the molecule is COc1nc(OC)nc(Oc2ccc3ccccc3c2C(=O)ON(C)C)n1. The van der Waals surface area contributed by atoms with Gasteiger partial charge >= 0.3 is 24.0 Å². The molecule has 0 aliphatic carbocycles. The van der Waals surface area contributed by atoms with Crippen molar-refractivity contribution in [1.82, 2.24) is 20.0 Å². The van der Waals surface area contributed by atoms with Crippen molar-refractivity contribution in [2.24, 2.45) is 0 Å². The lowest BCUT2D eigenvalue weighted by molar-refractivity contribution is -0.0713. The van der Waals surface area contributed by atoms with Gasteiger partial charge in [-0.3, -0.25) is 0 Å². The number of rotatable bonds is 6. The van der Waals surface area contributed by atoms with E-state index < -0.39 is 5.97 Å². The molecule has 0 unspecified atom stereocenters. The second-order valence-corrected chi connectivity index (χ2v) is 5.54. The topological polar surface area (TPSA) is 95.9 Å². The van der Waals surface area contributed by atoms with Gasteiger partial charge in [0.05, 0.1) is 14.2 Å². The lowest BCUT2D eigenvalue weighted by Gasteiger charge is -2.15.